The fourth-order valence-electron chi connectivity index (χ4n) is 4.50. The molecule has 1 aliphatic carbocycles. The molecule has 2 aliphatic heterocycles. The number of carbonyl (C=O) groups excluding carboxylic acids is 1. The monoisotopic (exact) mass is 339 g/mol. The van der Waals surface area contributed by atoms with E-state index in [0.717, 1.165) is 48.6 Å². The molecule has 1 aromatic rings. The van der Waals surface area contributed by atoms with Crippen LogP contribution in [-0.2, 0) is 4.79 Å². The van der Waals surface area contributed by atoms with Crippen LogP contribution in [0.15, 0.2) is 34.5 Å². The Bertz CT molecular complexity index is 771. The Balaban J connectivity index is 1.49. The fourth-order valence-corrected chi connectivity index (χ4v) is 4.50. The molecule has 4 rings (SSSR count). The van der Waals surface area contributed by atoms with Crippen LogP contribution in [0, 0.1) is 12.8 Å². The highest BCUT2D eigenvalue weighted by molar-refractivity contribution is 6.08. The minimum atomic E-state index is -1.05. The van der Waals surface area contributed by atoms with Gasteiger partial charge in [0.1, 0.15) is 11.6 Å². The lowest BCUT2D eigenvalue weighted by Gasteiger charge is -2.37. The minimum absolute atomic E-state index is 0.126. The summed E-state index contributed by atoms with van der Waals surface area (Å²) in [6.45, 7) is 6.34. The van der Waals surface area contributed by atoms with Gasteiger partial charge in [0.15, 0.2) is 0 Å². The number of rotatable bonds is 2. The molecule has 0 aromatic carbocycles. The normalized spacial score (nSPS) is 27.6. The molecule has 1 unspecified atom stereocenters. The number of aryl methyl sites for hydroxylation is 1. The molecule has 3 aliphatic rings. The number of anilines is 1. The number of nitrogens with zero attached hydrogens (tertiary/aromatic N) is 3. The van der Waals surface area contributed by atoms with Gasteiger partial charge in [0.25, 0.3) is 0 Å². The Morgan fingerprint density at radius 2 is 2.08 bits per heavy atom. The summed E-state index contributed by atoms with van der Waals surface area (Å²) in [6, 6.07) is 4.15. The van der Waals surface area contributed by atoms with Crippen LogP contribution in [-0.4, -0.2) is 46.8 Å². The van der Waals surface area contributed by atoms with Gasteiger partial charge in [-0.15, -0.1) is 0 Å². The van der Waals surface area contributed by atoms with Crippen molar-refractivity contribution < 1.29 is 9.90 Å². The summed E-state index contributed by atoms with van der Waals surface area (Å²) in [5.41, 5.74) is 3.25. The van der Waals surface area contributed by atoms with E-state index in [1.165, 1.54) is 5.56 Å². The number of aromatic nitrogens is 1. The van der Waals surface area contributed by atoms with E-state index in [9.17, 15) is 9.90 Å². The maximum absolute atomic E-state index is 11.9. The Labute approximate surface area is 148 Å². The number of piperidine rings is 1. The quantitative estimate of drug-likeness (QED) is 0.899. The summed E-state index contributed by atoms with van der Waals surface area (Å²) in [4.78, 5) is 23.4. The van der Waals surface area contributed by atoms with Gasteiger partial charge in [-0.2, -0.15) is 0 Å². The molecule has 1 aromatic heterocycles. The van der Waals surface area contributed by atoms with Crippen molar-refractivity contribution in [3.05, 3.63) is 35.0 Å². The number of carbonyl (C=O) groups is 1. The van der Waals surface area contributed by atoms with Crippen LogP contribution < -0.4 is 4.90 Å². The number of ketones is 1. The first-order valence-corrected chi connectivity index (χ1v) is 9.13. The predicted octanol–water partition coefficient (Wildman–Crippen LogP) is 2.47. The first kappa shape index (κ1) is 16.5. The molecule has 0 bridgehead atoms. The van der Waals surface area contributed by atoms with Crippen molar-refractivity contribution in [3.8, 4) is 0 Å². The third-order valence-electron chi connectivity index (χ3n) is 5.65. The fraction of sp³-hybridized carbons (Fsp3) is 0.550. The standard InChI is InChI=1S/C20H25N3O2/c1-13-3-6-21-17(9-13)23-7-4-14(5-8-23)19-18-15(12-22-19)10-16(24)11-20(18,2)25/h3,6,9,14,25H,4-5,7-8,10-12H2,1-2H3. The topological polar surface area (TPSA) is 65.8 Å². The van der Waals surface area contributed by atoms with Gasteiger partial charge in [0.2, 0.25) is 0 Å². The summed E-state index contributed by atoms with van der Waals surface area (Å²) >= 11 is 0. The van der Waals surface area contributed by atoms with E-state index >= 15 is 0 Å². The SMILES string of the molecule is Cc1ccnc(N2CCC(C3=NCC4=C3C(C)(O)CC(=O)C4)CC2)c1. The molecule has 132 valence electrons. The second kappa shape index (κ2) is 6.06. The highest BCUT2D eigenvalue weighted by Crippen LogP contribution is 2.40. The zero-order valence-corrected chi connectivity index (χ0v) is 15.0. The molecule has 5 heteroatoms. The molecule has 0 amide bonds. The molecule has 0 spiro atoms. The maximum Gasteiger partial charge on any atom is 0.140 e. The van der Waals surface area contributed by atoms with Crippen LogP contribution in [0.5, 0.6) is 0 Å². The van der Waals surface area contributed by atoms with Crippen LogP contribution in [0.4, 0.5) is 5.82 Å². The van der Waals surface area contributed by atoms with E-state index in [1.807, 2.05) is 12.3 Å². The molecule has 0 radical (unpaired) electrons. The average molecular weight is 339 g/mol. The third kappa shape index (κ3) is 3.01. The summed E-state index contributed by atoms with van der Waals surface area (Å²) < 4.78 is 0. The molecule has 1 fully saturated rings. The summed E-state index contributed by atoms with van der Waals surface area (Å²) in [7, 11) is 0. The Morgan fingerprint density at radius 1 is 1.32 bits per heavy atom. The van der Waals surface area contributed by atoms with Crippen molar-refractivity contribution >= 4 is 17.3 Å². The molecule has 3 heterocycles. The molecular weight excluding hydrogens is 314 g/mol. The highest BCUT2D eigenvalue weighted by atomic mass is 16.3. The van der Waals surface area contributed by atoms with Gasteiger partial charge in [-0.05, 0) is 50.0 Å². The van der Waals surface area contributed by atoms with E-state index in [0.29, 0.717) is 18.9 Å². The van der Waals surface area contributed by atoms with Gasteiger partial charge in [-0.25, -0.2) is 4.98 Å². The van der Waals surface area contributed by atoms with E-state index in [-0.39, 0.29) is 12.2 Å². The van der Waals surface area contributed by atoms with Gasteiger partial charge in [-0.1, -0.05) is 0 Å². The lowest BCUT2D eigenvalue weighted by molar-refractivity contribution is -0.122. The van der Waals surface area contributed by atoms with E-state index in [4.69, 9.17) is 4.99 Å². The van der Waals surface area contributed by atoms with Gasteiger partial charge in [0, 0.05) is 49.3 Å². The van der Waals surface area contributed by atoms with Crippen molar-refractivity contribution in [1.82, 2.24) is 4.98 Å². The summed E-state index contributed by atoms with van der Waals surface area (Å²) in [5, 5.41) is 10.8. The lowest BCUT2D eigenvalue weighted by Crippen LogP contribution is -2.42. The lowest BCUT2D eigenvalue weighted by atomic mass is 9.74. The predicted molar refractivity (Wildman–Crippen MR) is 98.1 cm³/mol. The average Bonchev–Trinajstić information content (AvgIpc) is 2.99. The van der Waals surface area contributed by atoms with Crippen molar-refractivity contribution in [1.29, 1.82) is 0 Å². The summed E-state index contributed by atoms with van der Waals surface area (Å²) in [6.07, 6.45) is 4.57. The third-order valence-corrected chi connectivity index (χ3v) is 5.65. The van der Waals surface area contributed by atoms with Gasteiger partial charge < -0.3 is 10.0 Å². The largest absolute Gasteiger partial charge is 0.385 e. The maximum atomic E-state index is 11.9. The first-order chi connectivity index (χ1) is 11.9. The van der Waals surface area contributed by atoms with Crippen LogP contribution in [0.3, 0.4) is 0 Å². The molecule has 1 saturated heterocycles. The molecular formula is C20H25N3O2. The number of aliphatic imine (C=N–C) groups is 1. The second-order valence-corrected chi connectivity index (χ2v) is 7.80. The Kier molecular flexibility index (Phi) is 3.99. The van der Waals surface area contributed by atoms with Crippen molar-refractivity contribution in [2.75, 3.05) is 24.5 Å². The minimum Gasteiger partial charge on any atom is -0.385 e. The molecule has 25 heavy (non-hydrogen) atoms. The number of hydrogen-bond acceptors (Lipinski definition) is 5. The Hall–Kier alpha value is -2.01. The van der Waals surface area contributed by atoms with Crippen LogP contribution in [0.2, 0.25) is 0 Å². The van der Waals surface area contributed by atoms with Crippen molar-refractivity contribution in [2.45, 2.75) is 45.1 Å². The number of Topliss-reactive ketones (excluding diaryl/α,β-unsaturated/α-hetero) is 1. The molecule has 1 N–H and O–H groups in total. The highest BCUT2D eigenvalue weighted by Gasteiger charge is 2.43. The van der Waals surface area contributed by atoms with Gasteiger partial charge in [-0.3, -0.25) is 9.79 Å². The van der Waals surface area contributed by atoms with E-state index in [1.54, 1.807) is 6.92 Å². The molecule has 0 saturated carbocycles. The first-order valence-electron chi connectivity index (χ1n) is 9.13. The smallest absolute Gasteiger partial charge is 0.140 e. The van der Waals surface area contributed by atoms with E-state index < -0.39 is 5.60 Å². The number of aliphatic hydroxyl groups is 1. The van der Waals surface area contributed by atoms with Crippen LogP contribution >= 0.6 is 0 Å². The zero-order valence-electron chi connectivity index (χ0n) is 15.0. The van der Waals surface area contributed by atoms with Crippen LogP contribution in [0.1, 0.15) is 38.2 Å². The second-order valence-electron chi connectivity index (χ2n) is 7.80. The summed E-state index contributed by atoms with van der Waals surface area (Å²) in [5.74, 6) is 1.54. The van der Waals surface area contributed by atoms with E-state index in [2.05, 4.69) is 22.9 Å². The molecule has 5 nitrogen and oxygen atoms in total. The Morgan fingerprint density at radius 3 is 2.80 bits per heavy atom. The zero-order chi connectivity index (χ0) is 17.6. The van der Waals surface area contributed by atoms with Gasteiger partial charge in [0.05, 0.1) is 12.1 Å². The van der Waals surface area contributed by atoms with Crippen LogP contribution in [0.25, 0.3) is 0 Å². The van der Waals surface area contributed by atoms with Gasteiger partial charge >= 0.3 is 0 Å². The van der Waals surface area contributed by atoms with Crippen molar-refractivity contribution in [2.24, 2.45) is 10.9 Å². The molecule has 1 atom stereocenters. The van der Waals surface area contributed by atoms with Crippen molar-refractivity contribution in [3.63, 3.8) is 0 Å². The number of hydrogen-bond donors (Lipinski definition) is 1. The number of pyridine rings is 1.